The minimum atomic E-state index is 0.911. The maximum Gasteiger partial charge on any atom is 0.0972 e. The van der Waals surface area contributed by atoms with Gasteiger partial charge in [-0.15, -0.1) is 0 Å². The van der Waals surface area contributed by atoms with Gasteiger partial charge >= 0.3 is 0 Å². The van der Waals surface area contributed by atoms with Crippen LogP contribution in [0.5, 0.6) is 0 Å². The first-order valence-electron chi connectivity index (χ1n) is 15.4. The zero-order valence-electron chi connectivity index (χ0n) is 24.8. The van der Waals surface area contributed by atoms with Crippen molar-refractivity contribution in [2.45, 2.75) is 0 Å². The number of para-hydroxylation sites is 1. The lowest BCUT2D eigenvalue weighted by Crippen LogP contribution is -1.92. The molecule has 5 aromatic carbocycles. The highest BCUT2D eigenvalue weighted by Gasteiger charge is 2.15. The second-order valence-corrected chi connectivity index (χ2v) is 11.5. The lowest BCUT2D eigenvalue weighted by molar-refractivity contribution is 1.32. The van der Waals surface area contributed by atoms with Crippen LogP contribution < -0.4 is 0 Å². The Bertz CT molecular complexity index is 2560. The molecule has 0 aliphatic carbocycles. The van der Waals surface area contributed by atoms with Crippen LogP contribution in [0.1, 0.15) is 0 Å². The van der Waals surface area contributed by atoms with Crippen LogP contribution >= 0.6 is 0 Å². The van der Waals surface area contributed by atoms with E-state index < -0.39 is 0 Å². The molecular weight excluding hydrogens is 560 g/mol. The Morgan fingerprint density at radius 3 is 1.67 bits per heavy atom. The fourth-order valence-corrected chi connectivity index (χ4v) is 6.49. The largest absolute Gasteiger partial charge is 0.265 e. The molecule has 0 atom stereocenters. The predicted molar refractivity (Wildman–Crippen MR) is 189 cm³/mol. The number of aromatic nitrogens is 4. The van der Waals surface area contributed by atoms with Crippen LogP contribution in [0.2, 0.25) is 0 Å². The van der Waals surface area contributed by atoms with E-state index >= 15 is 0 Å². The molecule has 0 aliphatic heterocycles. The fourth-order valence-electron chi connectivity index (χ4n) is 6.49. The SMILES string of the molecule is c1ccc(-c2ccc3ccc4ccc(-c5ccc(-c6cccc7c(-c8ccncc8)nc8ccccc8c67)cc5)nc4c3n2)cc1. The van der Waals surface area contributed by atoms with Crippen LogP contribution in [-0.4, -0.2) is 19.9 Å². The average Bonchev–Trinajstić information content (AvgIpc) is 3.14. The Balaban J connectivity index is 1.17. The van der Waals surface area contributed by atoms with Crippen molar-refractivity contribution in [3.05, 3.63) is 158 Å². The lowest BCUT2D eigenvalue weighted by Gasteiger charge is -2.14. The van der Waals surface area contributed by atoms with Gasteiger partial charge in [-0.2, -0.15) is 0 Å². The third-order valence-electron chi connectivity index (χ3n) is 8.76. The van der Waals surface area contributed by atoms with Gasteiger partial charge in [0, 0.05) is 56.0 Å². The maximum atomic E-state index is 5.17. The molecule has 0 bridgehead atoms. The average molecular weight is 587 g/mol. The van der Waals surface area contributed by atoms with Crippen LogP contribution in [-0.2, 0) is 0 Å². The summed E-state index contributed by atoms with van der Waals surface area (Å²) < 4.78 is 0. The molecule has 0 saturated carbocycles. The van der Waals surface area contributed by atoms with Crippen LogP contribution in [0, 0.1) is 0 Å². The molecule has 9 aromatic rings. The molecule has 0 aliphatic rings. The summed E-state index contributed by atoms with van der Waals surface area (Å²) in [6, 6.07) is 50.7. The monoisotopic (exact) mass is 586 g/mol. The second kappa shape index (κ2) is 10.7. The molecule has 0 spiro atoms. The van der Waals surface area contributed by atoms with Gasteiger partial charge in [-0.1, -0.05) is 115 Å². The number of hydrogen-bond acceptors (Lipinski definition) is 4. The van der Waals surface area contributed by atoms with Crippen molar-refractivity contribution >= 4 is 43.5 Å². The van der Waals surface area contributed by atoms with E-state index in [0.717, 1.165) is 77.4 Å². The minimum Gasteiger partial charge on any atom is -0.265 e. The zero-order valence-corrected chi connectivity index (χ0v) is 24.8. The summed E-state index contributed by atoms with van der Waals surface area (Å²) in [6.45, 7) is 0. The van der Waals surface area contributed by atoms with Gasteiger partial charge in [-0.05, 0) is 41.5 Å². The van der Waals surface area contributed by atoms with Gasteiger partial charge in [-0.3, -0.25) is 4.98 Å². The number of benzene rings is 5. The van der Waals surface area contributed by atoms with Crippen molar-refractivity contribution in [3.8, 4) is 44.9 Å². The lowest BCUT2D eigenvalue weighted by atomic mass is 9.92. The van der Waals surface area contributed by atoms with E-state index in [1.807, 2.05) is 48.8 Å². The van der Waals surface area contributed by atoms with Gasteiger partial charge in [0.05, 0.1) is 33.6 Å². The molecule has 4 aromatic heterocycles. The van der Waals surface area contributed by atoms with Crippen molar-refractivity contribution in [1.29, 1.82) is 0 Å². The molecule has 9 rings (SSSR count). The van der Waals surface area contributed by atoms with Gasteiger partial charge in [0.25, 0.3) is 0 Å². The summed E-state index contributed by atoms with van der Waals surface area (Å²) in [5.74, 6) is 0. The summed E-state index contributed by atoms with van der Waals surface area (Å²) in [5.41, 5.74) is 11.2. The van der Waals surface area contributed by atoms with E-state index in [4.69, 9.17) is 15.0 Å². The van der Waals surface area contributed by atoms with E-state index in [1.54, 1.807) is 0 Å². The molecule has 4 heteroatoms. The quantitative estimate of drug-likeness (QED) is 0.193. The molecule has 0 N–H and O–H groups in total. The first kappa shape index (κ1) is 26.2. The summed E-state index contributed by atoms with van der Waals surface area (Å²) >= 11 is 0. The Hall–Kier alpha value is -6.26. The van der Waals surface area contributed by atoms with E-state index in [2.05, 4.69) is 114 Å². The third kappa shape index (κ3) is 4.39. The fraction of sp³-hybridized carbons (Fsp3) is 0. The molecule has 0 unspecified atom stereocenters. The van der Waals surface area contributed by atoms with Gasteiger partial charge in [0.15, 0.2) is 0 Å². The molecule has 4 nitrogen and oxygen atoms in total. The first-order chi connectivity index (χ1) is 22.8. The third-order valence-corrected chi connectivity index (χ3v) is 8.76. The highest BCUT2D eigenvalue weighted by atomic mass is 14.8. The van der Waals surface area contributed by atoms with E-state index in [9.17, 15) is 0 Å². The molecule has 0 radical (unpaired) electrons. The second-order valence-electron chi connectivity index (χ2n) is 11.5. The zero-order chi connectivity index (χ0) is 30.5. The molecular formula is C42H26N4. The Labute approximate surface area is 265 Å². The van der Waals surface area contributed by atoms with Crippen LogP contribution in [0.15, 0.2) is 158 Å². The Morgan fingerprint density at radius 2 is 0.957 bits per heavy atom. The topological polar surface area (TPSA) is 51.6 Å². The number of pyridine rings is 4. The van der Waals surface area contributed by atoms with Crippen molar-refractivity contribution < 1.29 is 0 Å². The molecule has 0 saturated heterocycles. The van der Waals surface area contributed by atoms with Crippen LogP contribution in [0.3, 0.4) is 0 Å². The first-order valence-corrected chi connectivity index (χ1v) is 15.4. The molecule has 214 valence electrons. The van der Waals surface area contributed by atoms with Gasteiger partial charge in [0.2, 0.25) is 0 Å². The molecule has 0 fully saturated rings. The van der Waals surface area contributed by atoms with Crippen molar-refractivity contribution in [1.82, 2.24) is 19.9 Å². The molecule has 4 heterocycles. The highest BCUT2D eigenvalue weighted by Crippen LogP contribution is 2.39. The summed E-state index contributed by atoms with van der Waals surface area (Å²) in [6.07, 6.45) is 3.64. The summed E-state index contributed by atoms with van der Waals surface area (Å²) in [4.78, 5) is 19.6. The number of hydrogen-bond donors (Lipinski definition) is 0. The number of fused-ring (bicyclic) bond motifs is 6. The normalized spacial score (nSPS) is 11.5. The van der Waals surface area contributed by atoms with Crippen molar-refractivity contribution in [2.75, 3.05) is 0 Å². The van der Waals surface area contributed by atoms with Crippen molar-refractivity contribution in [3.63, 3.8) is 0 Å². The van der Waals surface area contributed by atoms with Gasteiger partial charge in [0.1, 0.15) is 0 Å². The van der Waals surface area contributed by atoms with Gasteiger partial charge < -0.3 is 0 Å². The van der Waals surface area contributed by atoms with Crippen LogP contribution in [0.4, 0.5) is 0 Å². The maximum absolute atomic E-state index is 5.17. The number of rotatable bonds is 4. The van der Waals surface area contributed by atoms with E-state index in [0.29, 0.717) is 0 Å². The van der Waals surface area contributed by atoms with Crippen molar-refractivity contribution in [2.24, 2.45) is 0 Å². The van der Waals surface area contributed by atoms with Gasteiger partial charge in [-0.25, -0.2) is 15.0 Å². The summed E-state index contributed by atoms with van der Waals surface area (Å²) in [7, 11) is 0. The Morgan fingerprint density at radius 1 is 0.370 bits per heavy atom. The van der Waals surface area contributed by atoms with E-state index in [1.165, 1.54) is 10.9 Å². The molecule has 46 heavy (non-hydrogen) atoms. The van der Waals surface area contributed by atoms with Crippen LogP contribution in [0.25, 0.3) is 88.4 Å². The Kier molecular flexibility index (Phi) is 6.10. The standard InChI is InChI=1S/C42H26N4/c1-2-7-28(8-3-1)36-21-19-30-17-18-31-20-22-37(45-42(31)41(30)44-36)29-15-13-27(14-16-29)33-10-6-11-35-39(33)34-9-4-5-12-38(34)46-40(35)32-23-25-43-26-24-32/h1-26H. The number of nitrogens with zero attached hydrogens (tertiary/aromatic N) is 4. The van der Waals surface area contributed by atoms with E-state index in [-0.39, 0.29) is 0 Å². The highest BCUT2D eigenvalue weighted by molar-refractivity contribution is 6.17. The smallest absolute Gasteiger partial charge is 0.0972 e. The summed E-state index contributed by atoms with van der Waals surface area (Å²) in [5, 5.41) is 5.61. The molecule has 0 amide bonds. The predicted octanol–water partition coefficient (Wildman–Crippen LogP) is 10.5. The minimum absolute atomic E-state index is 0.911.